The first-order valence-corrected chi connectivity index (χ1v) is 6.09. The molecule has 1 atom stereocenters. The maximum absolute atomic E-state index is 11.9. The van der Waals surface area contributed by atoms with Crippen molar-refractivity contribution in [2.45, 2.75) is 31.6 Å². The first-order valence-electron chi connectivity index (χ1n) is 6.09. The van der Waals surface area contributed by atoms with E-state index in [1.807, 2.05) is 12.1 Å². The second-order valence-corrected chi connectivity index (χ2v) is 4.64. The van der Waals surface area contributed by atoms with Crippen LogP contribution >= 0.6 is 0 Å². The van der Waals surface area contributed by atoms with E-state index in [4.69, 9.17) is 4.74 Å². The van der Waals surface area contributed by atoms with Crippen LogP contribution in [0.1, 0.15) is 37.2 Å². The van der Waals surface area contributed by atoms with E-state index in [1.165, 1.54) is 20.0 Å². The van der Waals surface area contributed by atoms with Crippen LogP contribution in [0, 0.1) is 5.92 Å². The molecule has 0 radical (unpaired) electrons. The van der Waals surface area contributed by atoms with Gasteiger partial charge in [0, 0.05) is 0 Å². The summed E-state index contributed by atoms with van der Waals surface area (Å²) in [4.78, 5) is 11.9. The van der Waals surface area contributed by atoms with Gasteiger partial charge in [-0.15, -0.1) is 0 Å². The summed E-state index contributed by atoms with van der Waals surface area (Å²) < 4.78 is 4.91. The highest BCUT2D eigenvalue weighted by molar-refractivity contribution is 5.78. The van der Waals surface area contributed by atoms with Crippen molar-refractivity contribution in [2.24, 2.45) is 5.92 Å². The highest BCUT2D eigenvalue weighted by Crippen LogP contribution is 2.38. The van der Waals surface area contributed by atoms with Crippen LogP contribution in [0.5, 0.6) is 5.75 Å². The van der Waals surface area contributed by atoms with Crippen molar-refractivity contribution in [1.29, 1.82) is 0 Å². The molecule has 0 amide bonds. The average molecular weight is 234 g/mol. The third-order valence-electron chi connectivity index (χ3n) is 3.58. The molecule has 92 valence electrons. The van der Waals surface area contributed by atoms with E-state index in [1.54, 1.807) is 12.1 Å². The van der Waals surface area contributed by atoms with Crippen LogP contribution in [0.4, 0.5) is 0 Å². The number of esters is 1. The zero-order valence-corrected chi connectivity index (χ0v) is 10.1. The third-order valence-corrected chi connectivity index (χ3v) is 3.58. The average Bonchev–Trinajstić information content (AvgIpc) is 2.85. The molecule has 17 heavy (non-hydrogen) atoms. The molecule has 0 spiro atoms. The van der Waals surface area contributed by atoms with Crippen molar-refractivity contribution in [1.82, 2.24) is 0 Å². The van der Waals surface area contributed by atoms with Crippen LogP contribution in [-0.2, 0) is 9.53 Å². The number of ether oxygens (including phenoxy) is 1. The number of phenols is 1. The Labute approximate surface area is 101 Å². The molecule has 0 aliphatic heterocycles. The zero-order chi connectivity index (χ0) is 12.3. The lowest BCUT2D eigenvalue weighted by molar-refractivity contribution is -0.143. The Kier molecular flexibility index (Phi) is 3.67. The molecule has 2 rings (SSSR count). The van der Waals surface area contributed by atoms with Crippen LogP contribution in [0.3, 0.4) is 0 Å². The van der Waals surface area contributed by atoms with Crippen molar-refractivity contribution >= 4 is 5.97 Å². The summed E-state index contributed by atoms with van der Waals surface area (Å²) >= 11 is 0. The van der Waals surface area contributed by atoms with E-state index in [-0.39, 0.29) is 17.6 Å². The molecule has 0 unspecified atom stereocenters. The summed E-state index contributed by atoms with van der Waals surface area (Å²) in [7, 11) is 1.44. The van der Waals surface area contributed by atoms with Crippen LogP contribution in [0.2, 0.25) is 0 Å². The fourth-order valence-electron chi connectivity index (χ4n) is 2.70. The predicted octanol–water partition coefficient (Wildman–Crippen LogP) is 2.84. The van der Waals surface area contributed by atoms with E-state index in [0.717, 1.165) is 18.4 Å². The molecule has 0 aromatic heterocycles. The standard InChI is InChI=1S/C14H18O3/c1-17-14(16)13(10-4-2-3-5-10)11-6-8-12(15)9-7-11/h6-10,13,15H,2-5H2,1H3/t13-/m1/s1. The Morgan fingerprint density at radius 3 is 2.41 bits per heavy atom. The van der Waals surface area contributed by atoms with Gasteiger partial charge in [0.2, 0.25) is 0 Å². The topological polar surface area (TPSA) is 46.5 Å². The van der Waals surface area contributed by atoms with Crippen molar-refractivity contribution < 1.29 is 14.6 Å². The second-order valence-electron chi connectivity index (χ2n) is 4.64. The van der Waals surface area contributed by atoms with Gasteiger partial charge in [0.15, 0.2) is 0 Å². The van der Waals surface area contributed by atoms with Gasteiger partial charge >= 0.3 is 5.97 Å². The molecule has 1 aliphatic rings. The number of aromatic hydroxyl groups is 1. The van der Waals surface area contributed by atoms with Gasteiger partial charge in [-0.05, 0) is 36.5 Å². The van der Waals surface area contributed by atoms with Crippen LogP contribution in [0.15, 0.2) is 24.3 Å². The largest absolute Gasteiger partial charge is 0.508 e. The van der Waals surface area contributed by atoms with Crippen molar-refractivity contribution in [2.75, 3.05) is 7.11 Å². The lowest BCUT2D eigenvalue weighted by Gasteiger charge is -2.21. The monoisotopic (exact) mass is 234 g/mol. The highest BCUT2D eigenvalue weighted by Gasteiger charge is 2.32. The van der Waals surface area contributed by atoms with Crippen molar-refractivity contribution in [3.63, 3.8) is 0 Å². The first kappa shape index (κ1) is 12.0. The Bertz CT molecular complexity index is 377. The normalized spacial score (nSPS) is 17.9. The van der Waals surface area contributed by atoms with Gasteiger partial charge in [0.25, 0.3) is 0 Å². The summed E-state index contributed by atoms with van der Waals surface area (Å²) in [6.07, 6.45) is 4.55. The number of phenolic OH excluding ortho intramolecular Hbond substituents is 1. The number of carbonyl (C=O) groups excluding carboxylic acids is 1. The Morgan fingerprint density at radius 2 is 1.88 bits per heavy atom. The fraction of sp³-hybridized carbons (Fsp3) is 0.500. The predicted molar refractivity (Wildman–Crippen MR) is 64.8 cm³/mol. The summed E-state index contributed by atoms with van der Waals surface area (Å²) in [6, 6.07) is 6.88. The molecular formula is C14H18O3. The Morgan fingerprint density at radius 1 is 1.29 bits per heavy atom. The lowest BCUT2D eigenvalue weighted by Crippen LogP contribution is -2.21. The molecule has 1 aromatic rings. The SMILES string of the molecule is COC(=O)[C@@H](c1ccc(O)cc1)C1CCCC1. The molecule has 0 heterocycles. The molecular weight excluding hydrogens is 216 g/mol. The number of benzene rings is 1. The number of rotatable bonds is 3. The minimum Gasteiger partial charge on any atom is -0.508 e. The molecule has 1 N–H and O–H groups in total. The van der Waals surface area contributed by atoms with Crippen LogP contribution < -0.4 is 0 Å². The van der Waals surface area contributed by atoms with E-state index in [9.17, 15) is 9.90 Å². The summed E-state index contributed by atoms with van der Waals surface area (Å²) in [5.74, 6) is 0.265. The fourth-order valence-corrected chi connectivity index (χ4v) is 2.70. The maximum atomic E-state index is 11.9. The quantitative estimate of drug-likeness (QED) is 0.818. The van der Waals surface area contributed by atoms with Crippen molar-refractivity contribution in [3.8, 4) is 5.75 Å². The van der Waals surface area contributed by atoms with E-state index < -0.39 is 0 Å². The third kappa shape index (κ3) is 2.60. The maximum Gasteiger partial charge on any atom is 0.313 e. The van der Waals surface area contributed by atoms with Crippen LogP contribution in [-0.4, -0.2) is 18.2 Å². The molecule has 0 saturated heterocycles. The lowest BCUT2D eigenvalue weighted by atomic mass is 9.85. The summed E-state index contributed by atoms with van der Waals surface area (Å²) in [6.45, 7) is 0. The number of hydrogen-bond acceptors (Lipinski definition) is 3. The van der Waals surface area contributed by atoms with Crippen LogP contribution in [0.25, 0.3) is 0 Å². The molecule has 1 fully saturated rings. The van der Waals surface area contributed by atoms with E-state index >= 15 is 0 Å². The molecule has 0 bridgehead atoms. The van der Waals surface area contributed by atoms with Gasteiger partial charge in [-0.1, -0.05) is 25.0 Å². The van der Waals surface area contributed by atoms with Gasteiger partial charge in [0.05, 0.1) is 13.0 Å². The number of methoxy groups -OCH3 is 1. The minimum atomic E-state index is -0.178. The Hall–Kier alpha value is -1.51. The highest BCUT2D eigenvalue weighted by atomic mass is 16.5. The molecule has 1 saturated carbocycles. The van der Waals surface area contributed by atoms with Gasteiger partial charge in [-0.2, -0.15) is 0 Å². The molecule has 3 nitrogen and oxygen atoms in total. The summed E-state index contributed by atoms with van der Waals surface area (Å²) in [5, 5.41) is 9.28. The minimum absolute atomic E-state index is 0.164. The number of carbonyl (C=O) groups is 1. The molecule has 1 aliphatic carbocycles. The van der Waals surface area contributed by atoms with E-state index in [2.05, 4.69) is 0 Å². The van der Waals surface area contributed by atoms with Gasteiger partial charge in [0.1, 0.15) is 5.75 Å². The van der Waals surface area contributed by atoms with E-state index in [0.29, 0.717) is 5.92 Å². The summed E-state index contributed by atoms with van der Waals surface area (Å²) in [5.41, 5.74) is 0.946. The van der Waals surface area contributed by atoms with Gasteiger partial charge < -0.3 is 9.84 Å². The number of hydrogen-bond donors (Lipinski definition) is 1. The first-order chi connectivity index (χ1) is 8.22. The van der Waals surface area contributed by atoms with Crippen molar-refractivity contribution in [3.05, 3.63) is 29.8 Å². The zero-order valence-electron chi connectivity index (χ0n) is 10.1. The van der Waals surface area contributed by atoms with Gasteiger partial charge in [-0.3, -0.25) is 4.79 Å². The molecule has 1 aromatic carbocycles. The smallest absolute Gasteiger partial charge is 0.313 e. The van der Waals surface area contributed by atoms with Gasteiger partial charge in [-0.25, -0.2) is 0 Å². The second kappa shape index (κ2) is 5.21. The molecule has 3 heteroatoms. The Balaban J connectivity index is 2.25.